The molecule has 0 atom stereocenters. The topological polar surface area (TPSA) is 74.6 Å². The van der Waals surface area contributed by atoms with Gasteiger partial charge >= 0.3 is 0 Å². The highest BCUT2D eigenvalue weighted by Crippen LogP contribution is 2.21. The first kappa shape index (κ1) is 18.8. The van der Waals surface area contributed by atoms with Crippen LogP contribution in [0.5, 0.6) is 0 Å². The Morgan fingerprint density at radius 1 is 0.964 bits per heavy atom. The van der Waals surface area contributed by atoms with Crippen LogP contribution in [0.15, 0.2) is 63.2 Å². The molecule has 0 fully saturated rings. The minimum Gasteiger partial charge on any atom is -0.277 e. The molecule has 3 aromatic rings. The summed E-state index contributed by atoms with van der Waals surface area (Å²) in [5.74, 6) is 0. The summed E-state index contributed by atoms with van der Waals surface area (Å²) in [6, 6.07) is 16.3. The van der Waals surface area contributed by atoms with Crippen molar-refractivity contribution in [3.63, 3.8) is 0 Å². The summed E-state index contributed by atoms with van der Waals surface area (Å²) in [5, 5.41) is 18.1. The van der Waals surface area contributed by atoms with Crippen molar-refractivity contribution in [1.29, 1.82) is 0 Å². The number of rotatable bonds is 4. The van der Waals surface area contributed by atoms with Gasteiger partial charge < -0.3 is 0 Å². The zero-order valence-electron chi connectivity index (χ0n) is 15.3. The fourth-order valence-corrected chi connectivity index (χ4v) is 3.87. The van der Waals surface area contributed by atoms with Crippen molar-refractivity contribution in [1.82, 2.24) is 10.2 Å². The maximum absolute atomic E-state index is 4.60. The number of hydrazone groups is 1. The number of anilines is 2. The summed E-state index contributed by atoms with van der Waals surface area (Å²) in [6.07, 6.45) is 3.17. The minimum atomic E-state index is 0.609. The molecule has 0 spiro atoms. The number of nitrogens with zero attached hydrogens (tertiary/aromatic N) is 4. The molecule has 142 valence electrons. The molecule has 0 saturated carbocycles. The zero-order valence-corrected chi connectivity index (χ0v) is 17.7. The van der Waals surface area contributed by atoms with Crippen LogP contribution >= 0.6 is 27.3 Å². The highest BCUT2D eigenvalue weighted by Gasteiger charge is 2.14. The molecule has 4 rings (SSSR count). The lowest BCUT2D eigenvalue weighted by Crippen LogP contribution is -2.14. The molecular formula is C20H19BrN6S. The van der Waals surface area contributed by atoms with Crippen LogP contribution in [0.4, 0.5) is 10.8 Å². The van der Waals surface area contributed by atoms with Crippen LogP contribution < -0.4 is 15.5 Å². The van der Waals surface area contributed by atoms with Crippen LogP contribution in [0.3, 0.4) is 0 Å². The van der Waals surface area contributed by atoms with E-state index in [1.807, 2.05) is 31.2 Å². The lowest BCUT2D eigenvalue weighted by Gasteiger charge is -2.17. The second-order valence-corrected chi connectivity index (χ2v) is 8.30. The summed E-state index contributed by atoms with van der Waals surface area (Å²) in [4.78, 5) is 0. The largest absolute Gasteiger partial charge is 0.277 e. The van der Waals surface area contributed by atoms with E-state index in [2.05, 4.69) is 71.4 Å². The number of fused-ring (bicyclic) bond motifs is 1. The molecule has 0 aliphatic heterocycles. The Morgan fingerprint density at radius 2 is 1.79 bits per heavy atom. The van der Waals surface area contributed by atoms with Gasteiger partial charge in [-0.2, -0.15) is 10.2 Å². The monoisotopic (exact) mass is 454 g/mol. The van der Waals surface area contributed by atoms with E-state index in [0.29, 0.717) is 5.13 Å². The Bertz CT molecular complexity index is 1070. The van der Waals surface area contributed by atoms with E-state index in [0.717, 1.165) is 45.5 Å². The lowest BCUT2D eigenvalue weighted by molar-refractivity contribution is 0.836. The van der Waals surface area contributed by atoms with Gasteiger partial charge in [0.25, 0.3) is 0 Å². The molecule has 1 aliphatic rings. The summed E-state index contributed by atoms with van der Waals surface area (Å²) in [5.41, 5.74) is 11.4. The van der Waals surface area contributed by atoms with E-state index < -0.39 is 0 Å². The number of aryl methyl sites for hydroxylation is 2. The molecule has 6 nitrogen and oxygen atoms in total. The first-order chi connectivity index (χ1) is 13.7. The number of nitrogens with one attached hydrogen (secondary N) is 2. The fraction of sp³-hybridized carbons (Fsp3) is 0.200. The first-order valence-electron chi connectivity index (χ1n) is 8.99. The van der Waals surface area contributed by atoms with Crippen molar-refractivity contribution in [3.8, 4) is 0 Å². The van der Waals surface area contributed by atoms with Gasteiger partial charge in [0.05, 0.1) is 17.1 Å². The van der Waals surface area contributed by atoms with Crippen molar-refractivity contribution in [2.24, 2.45) is 10.2 Å². The van der Waals surface area contributed by atoms with Gasteiger partial charge in [0.15, 0.2) is 4.67 Å². The van der Waals surface area contributed by atoms with E-state index in [9.17, 15) is 0 Å². The van der Waals surface area contributed by atoms with Gasteiger partial charge in [0.2, 0.25) is 5.13 Å². The predicted molar refractivity (Wildman–Crippen MR) is 118 cm³/mol. The molecule has 0 amide bonds. The standard InChI is InChI=1S/C20H19BrN6S/c1-13-19(25-23-16-11-9-15(21)10-12-16)28-20(26-22-13)27-24-18-8-4-6-14-5-2-3-7-17(14)18/h2-3,5,7,9-12,23H,4,6,8H2,1H3,(H,26,27)/b24-18+,25-19-. The molecule has 1 aromatic heterocycles. The summed E-state index contributed by atoms with van der Waals surface area (Å²) < 4.78 is 1.78. The molecule has 0 radical (unpaired) electrons. The van der Waals surface area contributed by atoms with Crippen LogP contribution in [0, 0.1) is 6.92 Å². The average Bonchev–Trinajstić information content (AvgIpc) is 2.73. The van der Waals surface area contributed by atoms with Crippen LogP contribution in [0.2, 0.25) is 0 Å². The van der Waals surface area contributed by atoms with Gasteiger partial charge in [-0.25, -0.2) is 0 Å². The van der Waals surface area contributed by atoms with Gasteiger partial charge in [-0.15, -0.1) is 10.2 Å². The lowest BCUT2D eigenvalue weighted by atomic mass is 9.90. The molecule has 28 heavy (non-hydrogen) atoms. The molecule has 8 heteroatoms. The fourth-order valence-electron chi connectivity index (χ4n) is 2.97. The quantitative estimate of drug-likeness (QED) is 0.560. The average molecular weight is 455 g/mol. The van der Waals surface area contributed by atoms with Gasteiger partial charge in [-0.1, -0.05) is 51.5 Å². The smallest absolute Gasteiger partial charge is 0.226 e. The zero-order chi connectivity index (χ0) is 19.3. The number of aromatic nitrogens is 2. The van der Waals surface area contributed by atoms with Crippen LogP contribution in [0.25, 0.3) is 0 Å². The molecule has 2 N–H and O–H groups in total. The SMILES string of the molecule is Cc1nnc(N/N=C2\CCCc3ccccc32)s/c1=N\Nc1ccc(Br)cc1. The molecule has 0 unspecified atom stereocenters. The van der Waals surface area contributed by atoms with Crippen LogP contribution in [-0.4, -0.2) is 15.9 Å². The molecule has 0 bridgehead atoms. The maximum atomic E-state index is 4.60. The molecular weight excluding hydrogens is 436 g/mol. The van der Waals surface area contributed by atoms with Crippen molar-refractivity contribution < 1.29 is 0 Å². The van der Waals surface area contributed by atoms with Crippen LogP contribution in [-0.2, 0) is 6.42 Å². The van der Waals surface area contributed by atoms with Gasteiger partial charge in [-0.3, -0.25) is 10.9 Å². The van der Waals surface area contributed by atoms with Crippen molar-refractivity contribution >= 4 is 43.8 Å². The third-order valence-electron chi connectivity index (χ3n) is 4.40. The van der Waals surface area contributed by atoms with Crippen molar-refractivity contribution in [2.45, 2.75) is 26.2 Å². The third-order valence-corrected chi connectivity index (χ3v) is 5.87. The third kappa shape index (κ3) is 4.45. The van der Waals surface area contributed by atoms with Gasteiger partial charge in [-0.05, 0) is 56.0 Å². The van der Waals surface area contributed by atoms with E-state index in [-0.39, 0.29) is 0 Å². The predicted octanol–water partition coefficient (Wildman–Crippen LogP) is 4.69. The molecule has 1 heterocycles. The molecule has 1 aliphatic carbocycles. The number of hydrogen-bond acceptors (Lipinski definition) is 7. The van der Waals surface area contributed by atoms with E-state index in [1.54, 1.807) is 0 Å². The second-order valence-electron chi connectivity index (χ2n) is 6.41. The highest BCUT2D eigenvalue weighted by molar-refractivity contribution is 9.10. The Labute approximate surface area is 175 Å². The minimum absolute atomic E-state index is 0.609. The van der Waals surface area contributed by atoms with Crippen LogP contribution in [0.1, 0.15) is 29.7 Å². The Kier molecular flexibility index (Phi) is 5.78. The number of hydrogen-bond donors (Lipinski definition) is 2. The second kappa shape index (κ2) is 8.62. The normalized spacial score (nSPS) is 15.4. The summed E-state index contributed by atoms with van der Waals surface area (Å²) in [6.45, 7) is 1.89. The summed E-state index contributed by atoms with van der Waals surface area (Å²) in [7, 11) is 0. The number of halogens is 1. The van der Waals surface area contributed by atoms with Crippen molar-refractivity contribution in [3.05, 3.63) is 74.5 Å². The van der Waals surface area contributed by atoms with Gasteiger partial charge in [0.1, 0.15) is 0 Å². The Hall–Kier alpha value is -2.58. The Morgan fingerprint density at radius 3 is 2.64 bits per heavy atom. The van der Waals surface area contributed by atoms with E-state index >= 15 is 0 Å². The Balaban J connectivity index is 1.54. The van der Waals surface area contributed by atoms with Crippen molar-refractivity contribution in [2.75, 3.05) is 10.9 Å². The maximum Gasteiger partial charge on any atom is 0.226 e. The molecule has 0 saturated heterocycles. The van der Waals surface area contributed by atoms with E-state index in [4.69, 9.17) is 0 Å². The van der Waals surface area contributed by atoms with E-state index in [1.165, 1.54) is 22.5 Å². The number of benzene rings is 2. The highest BCUT2D eigenvalue weighted by atomic mass is 79.9. The first-order valence-corrected chi connectivity index (χ1v) is 10.6. The van der Waals surface area contributed by atoms with Gasteiger partial charge in [0, 0.05) is 10.0 Å². The molecule has 2 aromatic carbocycles. The summed E-state index contributed by atoms with van der Waals surface area (Å²) >= 11 is 4.84.